The summed E-state index contributed by atoms with van der Waals surface area (Å²) in [5.74, 6) is 0.00496. The molecule has 1 saturated heterocycles. The molecule has 7 heteroatoms. The summed E-state index contributed by atoms with van der Waals surface area (Å²) >= 11 is 3.44. The second kappa shape index (κ2) is 12.7. The number of hydrogen-bond acceptors (Lipinski definition) is 4. The molecule has 1 unspecified atom stereocenters. The molecule has 1 atom stereocenters. The van der Waals surface area contributed by atoms with Gasteiger partial charge in [0.05, 0.1) is 17.3 Å². The summed E-state index contributed by atoms with van der Waals surface area (Å²) in [5, 5.41) is 5.89. The van der Waals surface area contributed by atoms with E-state index in [1.165, 1.54) is 6.08 Å². The second-order valence-corrected chi connectivity index (χ2v) is 10.5. The lowest BCUT2D eigenvalue weighted by Gasteiger charge is -2.31. The van der Waals surface area contributed by atoms with E-state index in [1.807, 2.05) is 60.7 Å². The van der Waals surface area contributed by atoms with Crippen LogP contribution in [0.2, 0.25) is 0 Å². The smallest absolute Gasteiger partial charge is 0.248 e. The van der Waals surface area contributed by atoms with Crippen molar-refractivity contribution in [2.45, 2.75) is 25.2 Å². The van der Waals surface area contributed by atoms with E-state index in [9.17, 15) is 9.59 Å². The maximum atomic E-state index is 13.4. The SMILES string of the molecule is CN1CCC(CC(C(=O)Nc2ccc(Br)cc2)c2ccc(C=CC(=O)Nc3ccccc3N)cc2)CC1. The number of hydrogen-bond donors (Lipinski definition) is 3. The minimum atomic E-state index is -0.254. The van der Waals surface area contributed by atoms with E-state index < -0.39 is 0 Å². The first-order chi connectivity index (χ1) is 17.9. The highest BCUT2D eigenvalue weighted by molar-refractivity contribution is 9.10. The molecule has 0 radical (unpaired) electrons. The number of carbonyl (C=O) groups excluding carboxylic acids is 2. The summed E-state index contributed by atoms with van der Waals surface area (Å²) in [6.07, 6.45) is 6.25. The molecule has 6 nitrogen and oxygen atoms in total. The number of nitrogens with two attached hydrogens (primary N) is 1. The molecule has 1 aliphatic rings. The zero-order valence-electron chi connectivity index (χ0n) is 21.0. The Morgan fingerprint density at radius 2 is 1.68 bits per heavy atom. The Balaban J connectivity index is 1.46. The molecule has 1 heterocycles. The fraction of sp³-hybridized carbons (Fsp3) is 0.267. The molecule has 0 bridgehead atoms. The minimum Gasteiger partial charge on any atom is -0.397 e. The monoisotopic (exact) mass is 560 g/mol. The Morgan fingerprint density at radius 3 is 2.35 bits per heavy atom. The topological polar surface area (TPSA) is 87.5 Å². The molecular formula is C30H33BrN4O2. The normalized spacial score (nSPS) is 15.4. The summed E-state index contributed by atoms with van der Waals surface area (Å²) in [7, 11) is 2.15. The second-order valence-electron chi connectivity index (χ2n) is 9.61. The highest BCUT2D eigenvalue weighted by atomic mass is 79.9. The van der Waals surface area contributed by atoms with E-state index >= 15 is 0 Å². The van der Waals surface area contributed by atoms with Gasteiger partial charge in [0.25, 0.3) is 0 Å². The summed E-state index contributed by atoms with van der Waals surface area (Å²) in [4.78, 5) is 28.1. The van der Waals surface area contributed by atoms with E-state index in [-0.39, 0.29) is 17.7 Å². The zero-order valence-corrected chi connectivity index (χ0v) is 22.6. The molecule has 4 rings (SSSR count). The van der Waals surface area contributed by atoms with Crippen LogP contribution in [-0.4, -0.2) is 36.9 Å². The number of amides is 2. The maximum absolute atomic E-state index is 13.4. The van der Waals surface area contributed by atoms with Crippen molar-refractivity contribution in [1.29, 1.82) is 0 Å². The van der Waals surface area contributed by atoms with Crippen LogP contribution in [0.15, 0.2) is 83.3 Å². The number of anilines is 3. The van der Waals surface area contributed by atoms with Gasteiger partial charge >= 0.3 is 0 Å². The van der Waals surface area contributed by atoms with Gasteiger partial charge < -0.3 is 21.3 Å². The van der Waals surface area contributed by atoms with Crippen molar-refractivity contribution in [1.82, 2.24) is 4.90 Å². The first kappa shape index (κ1) is 26.6. The number of benzene rings is 3. The Bertz CT molecular complexity index is 1230. The average Bonchev–Trinajstić information content (AvgIpc) is 2.90. The van der Waals surface area contributed by atoms with Gasteiger partial charge in [0.1, 0.15) is 0 Å². The number of likely N-dealkylation sites (tertiary alicyclic amines) is 1. The molecule has 192 valence electrons. The van der Waals surface area contributed by atoms with Gasteiger partial charge in [-0.1, -0.05) is 52.3 Å². The predicted molar refractivity (Wildman–Crippen MR) is 155 cm³/mol. The standard InChI is InChI=1S/C30H33BrN4O2/c1-35-18-16-22(17-19-35)20-26(30(37)33-25-13-11-24(31)12-14-25)23-9-6-21(7-10-23)8-15-29(36)34-28-5-3-2-4-27(28)32/h2-15,22,26H,16-20,32H2,1H3,(H,33,37)(H,34,36). The highest BCUT2D eigenvalue weighted by Gasteiger charge is 2.27. The number of halogens is 1. The third-order valence-corrected chi connectivity index (χ3v) is 7.35. The Hall–Kier alpha value is -3.42. The van der Waals surface area contributed by atoms with Gasteiger partial charge in [-0.3, -0.25) is 9.59 Å². The van der Waals surface area contributed by atoms with Gasteiger partial charge in [-0.05, 0) is 98.9 Å². The Morgan fingerprint density at radius 1 is 1.00 bits per heavy atom. The molecule has 3 aromatic carbocycles. The van der Waals surface area contributed by atoms with Gasteiger partial charge in [-0.2, -0.15) is 0 Å². The Kier molecular flexibility index (Phi) is 9.14. The molecule has 2 amide bonds. The molecule has 0 spiro atoms. The van der Waals surface area contributed by atoms with Crippen molar-refractivity contribution >= 4 is 50.9 Å². The van der Waals surface area contributed by atoms with Crippen LogP contribution < -0.4 is 16.4 Å². The summed E-state index contributed by atoms with van der Waals surface area (Å²) < 4.78 is 0.970. The third-order valence-electron chi connectivity index (χ3n) is 6.82. The van der Waals surface area contributed by atoms with E-state index in [0.29, 0.717) is 17.3 Å². The Labute approximate surface area is 227 Å². The quantitative estimate of drug-likeness (QED) is 0.228. The lowest BCUT2D eigenvalue weighted by atomic mass is 9.83. The predicted octanol–water partition coefficient (Wildman–Crippen LogP) is 6.14. The molecule has 0 aliphatic carbocycles. The van der Waals surface area contributed by atoms with Crippen molar-refractivity contribution in [3.05, 3.63) is 94.5 Å². The molecule has 4 N–H and O–H groups in total. The number of carbonyl (C=O) groups is 2. The number of para-hydroxylation sites is 2. The molecule has 3 aromatic rings. The van der Waals surface area contributed by atoms with Crippen molar-refractivity contribution in [3.8, 4) is 0 Å². The molecule has 0 aromatic heterocycles. The number of nitrogens with zero attached hydrogens (tertiary/aromatic N) is 1. The molecule has 1 fully saturated rings. The van der Waals surface area contributed by atoms with Crippen molar-refractivity contribution in [2.75, 3.05) is 36.5 Å². The average molecular weight is 562 g/mol. The van der Waals surface area contributed by atoms with Crippen LogP contribution in [0.1, 0.15) is 36.3 Å². The number of piperidine rings is 1. The van der Waals surface area contributed by atoms with E-state index in [4.69, 9.17) is 5.73 Å². The largest absolute Gasteiger partial charge is 0.397 e. The van der Waals surface area contributed by atoms with E-state index in [0.717, 1.165) is 53.6 Å². The highest BCUT2D eigenvalue weighted by Crippen LogP contribution is 2.31. The minimum absolute atomic E-state index is 0.00405. The van der Waals surface area contributed by atoms with E-state index in [2.05, 4.69) is 38.5 Å². The number of rotatable bonds is 8. The van der Waals surface area contributed by atoms with Gasteiger partial charge in [0.2, 0.25) is 11.8 Å². The molecular weight excluding hydrogens is 528 g/mol. The summed E-state index contributed by atoms with van der Waals surface area (Å²) in [6.45, 7) is 2.12. The fourth-order valence-electron chi connectivity index (χ4n) is 4.58. The summed E-state index contributed by atoms with van der Waals surface area (Å²) in [5.41, 5.74) is 9.65. The zero-order chi connectivity index (χ0) is 26.2. The molecule has 37 heavy (non-hydrogen) atoms. The first-order valence-corrected chi connectivity index (χ1v) is 13.3. The lowest BCUT2D eigenvalue weighted by Crippen LogP contribution is -2.32. The van der Waals surface area contributed by atoms with Crippen LogP contribution >= 0.6 is 15.9 Å². The van der Waals surface area contributed by atoms with Gasteiger partial charge in [0.15, 0.2) is 0 Å². The fourth-order valence-corrected chi connectivity index (χ4v) is 4.85. The van der Waals surface area contributed by atoms with Crippen LogP contribution in [0.4, 0.5) is 17.1 Å². The molecule has 0 saturated carbocycles. The van der Waals surface area contributed by atoms with Crippen LogP contribution in [-0.2, 0) is 9.59 Å². The van der Waals surface area contributed by atoms with Crippen LogP contribution in [0.25, 0.3) is 6.08 Å². The van der Waals surface area contributed by atoms with Crippen molar-refractivity contribution in [2.24, 2.45) is 5.92 Å². The maximum Gasteiger partial charge on any atom is 0.248 e. The first-order valence-electron chi connectivity index (χ1n) is 12.6. The van der Waals surface area contributed by atoms with Crippen LogP contribution in [0, 0.1) is 5.92 Å². The van der Waals surface area contributed by atoms with Crippen molar-refractivity contribution in [3.63, 3.8) is 0 Å². The third kappa shape index (κ3) is 7.78. The summed E-state index contributed by atoms with van der Waals surface area (Å²) in [6, 6.07) is 22.7. The lowest BCUT2D eigenvalue weighted by molar-refractivity contribution is -0.118. The van der Waals surface area contributed by atoms with Crippen molar-refractivity contribution < 1.29 is 9.59 Å². The van der Waals surface area contributed by atoms with E-state index in [1.54, 1.807) is 18.2 Å². The number of nitrogens with one attached hydrogen (secondary N) is 2. The molecule has 1 aliphatic heterocycles. The van der Waals surface area contributed by atoms with Crippen LogP contribution in [0.3, 0.4) is 0 Å². The van der Waals surface area contributed by atoms with Crippen LogP contribution in [0.5, 0.6) is 0 Å². The number of nitrogen functional groups attached to an aromatic ring is 1. The van der Waals surface area contributed by atoms with Gasteiger partial charge in [0, 0.05) is 16.2 Å². The van der Waals surface area contributed by atoms with Gasteiger partial charge in [-0.15, -0.1) is 0 Å². The van der Waals surface area contributed by atoms with Gasteiger partial charge in [-0.25, -0.2) is 0 Å².